The molecule has 1 aliphatic heterocycles. The van der Waals surface area contributed by atoms with Crippen molar-refractivity contribution in [1.82, 2.24) is 0 Å². The average Bonchev–Trinajstić information content (AvgIpc) is 2.47. The minimum atomic E-state index is 0.403. The third kappa shape index (κ3) is 2.14. The number of fused-ring (bicyclic) bond motifs is 1. The normalized spacial score (nSPS) is 17.6. The van der Waals surface area contributed by atoms with E-state index in [1.807, 2.05) is 0 Å². The summed E-state index contributed by atoms with van der Waals surface area (Å²) in [5.74, 6) is 0. The first-order chi connectivity index (χ1) is 9.83. The van der Waals surface area contributed by atoms with Gasteiger partial charge < -0.3 is 4.90 Å². The van der Waals surface area contributed by atoms with Crippen molar-refractivity contribution in [2.75, 3.05) is 4.90 Å². The minimum Gasteiger partial charge on any atom is -0.330 e. The second kappa shape index (κ2) is 5.54. The van der Waals surface area contributed by atoms with E-state index in [1.54, 1.807) is 0 Å². The van der Waals surface area contributed by atoms with Crippen molar-refractivity contribution in [2.24, 2.45) is 0 Å². The predicted molar refractivity (Wildman–Crippen MR) is 86.4 cm³/mol. The van der Waals surface area contributed by atoms with Crippen molar-refractivity contribution in [3.05, 3.63) is 71.8 Å². The molecule has 0 bridgehead atoms. The molecule has 1 heterocycles. The van der Waals surface area contributed by atoms with E-state index in [9.17, 15) is 0 Å². The van der Waals surface area contributed by atoms with Crippen molar-refractivity contribution in [3.63, 3.8) is 0 Å². The molecule has 1 nitrogen and oxygen atoms in total. The lowest BCUT2D eigenvalue weighted by atomic mass is 9.86. The first-order valence-electron chi connectivity index (χ1n) is 7.42. The van der Waals surface area contributed by atoms with E-state index in [0.29, 0.717) is 6.04 Å². The number of unbranched alkanes of at least 4 members (excludes halogenated alkanes) is 1. The molecule has 0 saturated heterocycles. The molecule has 0 fully saturated rings. The van der Waals surface area contributed by atoms with Crippen molar-refractivity contribution in [1.29, 1.82) is 0 Å². The van der Waals surface area contributed by atoms with Crippen LogP contribution in [-0.4, -0.2) is 0 Å². The van der Waals surface area contributed by atoms with Gasteiger partial charge in [-0.3, -0.25) is 0 Å². The van der Waals surface area contributed by atoms with E-state index < -0.39 is 0 Å². The number of para-hydroxylation sites is 2. The third-order valence-corrected chi connectivity index (χ3v) is 3.97. The Labute approximate surface area is 121 Å². The molecule has 1 atom stereocenters. The van der Waals surface area contributed by atoms with Gasteiger partial charge in [0, 0.05) is 16.9 Å². The van der Waals surface area contributed by atoms with Crippen LogP contribution < -0.4 is 4.90 Å². The van der Waals surface area contributed by atoms with Gasteiger partial charge in [-0.15, -0.1) is 0 Å². The van der Waals surface area contributed by atoms with E-state index in [-0.39, 0.29) is 0 Å². The van der Waals surface area contributed by atoms with Gasteiger partial charge in [0.05, 0.1) is 6.04 Å². The highest BCUT2D eigenvalue weighted by atomic mass is 15.2. The largest absolute Gasteiger partial charge is 0.330 e. The van der Waals surface area contributed by atoms with Crippen LogP contribution in [0.1, 0.15) is 38.3 Å². The zero-order chi connectivity index (χ0) is 13.9. The van der Waals surface area contributed by atoms with Gasteiger partial charge in [-0.1, -0.05) is 61.4 Å². The van der Waals surface area contributed by atoms with Gasteiger partial charge >= 0.3 is 0 Å². The maximum Gasteiger partial charge on any atom is 0.0822 e. The SMILES string of the molecule is CCC/C=C(/C)C1c2ccccc2N1c1ccccc1. The molecule has 2 aromatic carbocycles. The van der Waals surface area contributed by atoms with Crippen LogP contribution in [0.3, 0.4) is 0 Å². The lowest BCUT2D eigenvalue weighted by Gasteiger charge is -2.45. The molecule has 1 unspecified atom stereocenters. The monoisotopic (exact) mass is 263 g/mol. The van der Waals surface area contributed by atoms with Crippen LogP contribution in [0.15, 0.2) is 66.2 Å². The topological polar surface area (TPSA) is 3.24 Å². The van der Waals surface area contributed by atoms with Crippen LogP contribution in [0.4, 0.5) is 11.4 Å². The van der Waals surface area contributed by atoms with Crippen LogP contribution in [0.25, 0.3) is 0 Å². The molecule has 102 valence electrons. The maximum absolute atomic E-state index is 2.44. The molecule has 0 radical (unpaired) electrons. The summed E-state index contributed by atoms with van der Waals surface area (Å²) in [6.45, 7) is 4.49. The molecule has 2 aromatic rings. The van der Waals surface area contributed by atoms with E-state index in [1.165, 1.54) is 28.9 Å². The number of benzene rings is 2. The summed E-state index contributed by atoms with van der Waals surface area (Å²) in [7, 11) is 0. The zero-order valence-corrected chi connectivity index (χ0v) is 12.2. The van der Waals surface area contributed by atoms with Crippen molar-refractivity contribution in [2.45, 2.75) is 32.7 Å². The summed E-state index contributed by atoms with van der Waals surface area (Å²) in [6, 6.07) is 19.8. The smallest absolute Gasteiger partial charge is 0.0822 e. The maximum atomic E-state index is 2.44. The number of allylic oxidation sites excluding steroid dienone is 1. The van der Waals surface area contributed by atoms with Crippen LogP contribution in [-0.2, 0) is 0 Å². The molecule has 0 aliphatic carbocycles. The Morgan fingerprint density at radius 2 is 1.75 bits per heavy atom. The van der Waals surface area contributed by atoms with Gasteiger partial charge in [-0.2, -0.15) is 0 Å². The van der Waals surface area contributed by atoms with Crippen molar-refractivity contribution in [3.8, 4) is 0 Å². The zero-order valence-electron chi connectivity index (χ0n) is 12.2. The molecular formula is C19H21N. The van der Waals surface area contributed by atoms with Gasteiger partial charge in [0.1, 0.15) is 0 Å². The molecule has 20 heavy (non-hydrogen) atoms. The Hall–Kier alpha value is -2.02. The Morgan fingerprint density at radius 3 is 2.50 bits per heavy atom. The molecule has 0 aromatic heterocycles. The van der Waals surface area contributed by atoms with E-state index >= 15 is 0 Å². The number of rotatable bonds is 4. The molecule has 0 spiro atoms. The van der Waals surface area contributed by atoms with Crippen molar-refractivity contribution < 1.29 is 0 Å². The first kappa shape index (κ1) is 13.0. The minimum absolute atomic E-state index is 0.403. The standard InChI is InChI=1S/C19H21N/c1-3-4-10-15(2)19-17-13-8-9-14-18(17)20(19)16-11-6-5-7-12-16/h5-14,19H,3-4H2,1-2H3/b15-10-. The average molecular weight is 263 g/mol. The Kier molecular flexibility index (Phi) is 3.60. The highest BCUT2D eigenvalue weighted by molar-refractivity contribution is 5.78. The summed E-state index contributed by atoms with van der Waals surface area (Å²) < 4.78 is 0. The van der Waals surface area contributed by atoms with Gasteiger partial charge in [0.15, 0.2) is 0 Å². The highest BCUT2D eigenvalue weighted by Crippen LogP contribution is 2.51. The third-order valence-electron chi connectivity index (χ3n) is 3.97. The molecule has 3 rings (SSSR count). The summed E-state index contributed by atoms with van der Waals surface area (Å²) in [6.07, 6.45) is 4.75. The fourth-order valence-electron chi connectivity index (χ4n) is 2.96. The summed E-state index contributed by atoms with van der Waals surface area (Å²) >= 11 is 0. The number of hydrogen-bond acceptors (Lipinski definition) is 1. The van der Waals surface area contributed by atoms with Crippen molar-refractivity contribution >= 4 is 11.4 Å². The number of hydrogen-bond donors (Lipinski definition) is 0. The second-order valence-electron chi connectivity index (χ2n) is 5.40. The van der Waals surface area contributed by atoms with E-state index in [2.05, 4.69) is 79.4 Å². The summed E-state index contributed by atoms with van der Waals surface area (Å²) in [4.78, 5) is 2.44. The molecule has 0 N–H and O–H groups in total. The molecular weight excluding hydrogens is 242 g/mol. The quantitative estimate of drug-likeness (QED) is 0.646. The Bertz CT molecular complexity index is 613. The molecule has 1 heteroatoms. The first-order valence-corrected chi connectivity index (χ1v) is 7.42. The van der Waals surface area contributed by atoms with Gasteiger partial charge in [0.2, 0.25) is 0 Å². The summed E-state index contributed by atoms with van der Waals surface area (Å²) in [5.41, 5.74) is 5.52. The number of nitrogens with zero attached hydrogens (tertiary/aromatic N) is 1. The summed E-state index contributed by atoms with van der Waals surface area (Å²) in [5, 5.41) is 0. The van der Waals surface area contributed by atoms with Crippen LogP contribution >= 0.6 is 0 Å². The Balaban J connectivity index is 2.00. The van der Waals surface area contributed by atoms with Gasteiger partial charge in [-0.05, 0) is 31.5 Å². The fraction of sp³-hybridized carbons (Fsp3) is 0.263. The van der Waals surface area contributed by atoms with Gasteiger partial charge in [-0.25, -0.2) is 0 Å². The van der Waals surface area contributed by atoms with E-state index in [0.717, 1.165) is 6.42 Å². The predicted octanol–water partition coefficient (Wildman–Crippen LogP) is 5.63. The van der Waals surface area contributed by atoms with Crippen LogP contribution in [0.5, 0.6) is 0 Å². The Morgan fingerprint density at radius 1 is 1.05 bits per heavy atom. The van der Waals surface area contributed by atoms with Crippen LogP contribution in [0.2, 0.25) is 0 Å². The lowest BCUT2D eigenvalue weighted by Crippen LogP contribution is -2.34. The lowest BCUT2D eigenvalue weighted by molar-refractivity contribution is 0.723. The highest BCUT2D eigenvalue weighted by Gasteiger charge is 2.35. The fourth-order valence-corrected chi connectivity index (χ4v) is 2.96. The second-order valence-corrected chi connectivity index (χ2v) is 5.40. The van der Waals surface area contributed by atoms with Crippen LogP contribution in [0, 0.1) is 0 Å². The molecule has 1 aliphatic rings. The number of anilines is 2. The van der Waals surface area contributed by atoms with Gasteiger partial charge in [0.25, 0.3) is 0 Å². The van der Waals surface area contributed by atoms with E-state index in [4.69, 9.17) is 0 Å². The molecule has 0 amide bonds. The molecule has 0 saturated carbocycles.